The average Bonchev–Trinajstić information content (AvgIpc) is 2.68. The molecule has 1 fully saturated rings. The molecule has 1 aliphatic rings. The monoisotopic (exact) mass is 353 g/mol. The number of likely N-dealkylation sites (N-methyl/N-ethyl adjacent to an activating group) is 1. The lowest BCUT2D eigenvalue weighted by molar-refractivity contribution is 0.0643. The van der Waals surface area contributed by atoms with Gasteiger partial charge in [0.25, 0.3) is 5.91 Å². The molecule has 3 rings (SSSR count). The van der Waals surface area contributed by atoms with Gasteiger partial charge >= 0.3 is 0 Å². The molecule has 1 saturated heterocycles. The minimum Gasteiger partial charge on any atom is -0.378 e. The van der Waals surface area contributed by atoms with Crippen LogP contribution >= 0.6 is 0 Å². The molecule has 0 aliphatic carbocycles. The van der Waals surface area contributed by atoms with Crippen LogP contribution in [-0.2, 0) is 0 Å². The fraction of sp³-hybridized carbons (Fsp3) is 0.400. The Morgan fingerprint density at radius 2 is 1.77 bits per heavy atom. The van der Waals surface area contributed by atoms with Crippen molar-refractivity contribution in [1.82, 2.24) is 14.8 Å². The topological polar surface area (TPSA) is 51.7 Å². The zero-order chi connectivity index (χ0) is 18.5. The number of nitrogens with zero attached hydrogens (tertiary/aromatic N) is 4. The summed E-state index contributed by atoms with van der Waals surface area (Å²) in [6.07, 6.45) is 1.66. The number of benzene rings is 1. The van der Waals surface area contributed by atoms with Crippen LogP contribution in [0.25, 0.3) is 0 Å². The predicted octanol–water partition coefficient (Wildman–Crippen LogP) is 2.67. The number of piperazine rings is 1. The standard InChI is InChI=1S/C20H27N5O/c1-4-24-11-13-25(14-12-24)20(26)16-5-10-19(21-15-16)22-17-6-8-18(9-7-17)23(2)3/h5-10,15H,4,11-14H2,1-3H3,(H,21,22). The highest BCUT2D eigenvalue weighted by Gasteiger charge is 2.21. The molecule has 6 heteroatoms. The third kappa shape index (κ3) is 4.32. The minimum atomic E-state index is 0.0649. The Balaban J connectivity index is 1.60. The lowest BCUT2D eigenvalue weighted by Gasteiger charge is -2.34. The zero-order valence-electron chi connectivity index (χ0n) is 15.8. The van der Waals surface area contributed by atoms with Crippen LogP contribution in [-0.4, -0.2) is 67.5 Å². The summed E-state index contributed by atoms with van der Waals surface area (Å²) in [4.78, 5) is 23.3. The van der Waals surface area contributed by atoms with Crippen LogP contribution in [0.3, 0.4) is 0 Å². The number of pyridine rings is 1. The molecular weight excluding hydrogens is 326 g/mol. The molecule has 138 valence electrons. The van der Waals surface area contributed by atoms with E-state index in [1.54, 1.807) is 6.20 Å². The van der Waals surface area contributed by atoms with Crippen LogP contribution in [0.5, 0.6) is 0 Å². The lowest BCUT2D eigenvalue weighted by atomic mass is 10.2. The van der Waals surface area contributed by atoms with Gasteiger partial charge in [-0.05, 0) is 42.9 Å². The van der Waals surface area contributed by atoms with Gasteiger partial charge < -0.3 is 20.0 Å². The quantitative estimate of drug-likeness (QED) is 0.896. The number of aromatic nitrogens is 1. The van der Waals surface area contributed by atoms with Crippen molar-refractivity contribution >= 4 is 23.1 Å². The van der Waals surface area contributed by atoms with Gasteiger partial charge in [0.1, 0.15) is 5.82 Å². The summed E-state index contributed by atoms with van der Waals surface area (Å²) in [7, 11) is 4.03. The van der Waals surface area contributed by atoms with Crippen molar-refractivity contribution in [2.75, 3.05) is 57.0 Å². The highest BCUT2D eigenvalue weighted by molar-refractivity contribution is 5.94. The number of hydrogen-bond donors (Lipinski definition) is 1. The van der Waals surface area contributed by atoms with E-state index < -0.39 is 0 Å². The molecule has 0 bridgehead atoms. The maximum Gasteiger partial charge on any atom is 0.255 e. The molecule has 26 heavy (non-hydrogen) atoms. The van der Waals surface area contributed by atoms with Gasteiger partial charge in [-0.2, -0.15) is 0 Å². The molecule has 2 aromatic rings. The molecule has 2 heterocycles. The Morgan fingerprint density at radius 3 is 2.31 bits per heavy atom. The van der Waals surface area contributed by atoms with E-state index in [1.807, 2.05) is 43.3 Å². The van der Waals surface area contributed by atoms with E-state index in [0.717, 1.165) is 49.9 Å². The number of carbonyl (C=O) groups is 1. The summed E-state index contributed by atoms with van der Waals surface area (Å²) in [6, 6.07) is 11.8. The maximum atomic E-state index is 12.6. The molecule has 1 aliphatic heterocycles. The van der Waals surface area contributed by atoms with E-state index in [0.29, 0.717) is 5.56 Å². The Hall–Kier alpha value is -2.60. The van der Waals surface area contributed by atoms with E-state index in [4.69, 9.17) is 0 Å². The molecule has 6 nitrogen and oxygen atoms in total. The SMILES string of the molecule is CCN1CCN(C(=O)c2ccc(Nc3ccc(N(C)C)cc3)nc2)CC1. The van der Waals surface area contributed by atoms with Crippen LogP contribution in [0.2, 0.25) is 0 Å². The first-order valence-electron chi connectivity index (χ1n) is 9.09. The zero-order valence-corrected chi connectivity index (χ0v) is 15.8. The van der Waals surface area contributed by atoms with Gasteiger partial charge in [-0.1, -0.05) is 6.92 Å². The second-order valence-electron chi connectivity index (χ2n) is 6.72. The average molecular weight is 353 g/mol. The highest BCUT2D eigenvalue weighted by Crippen LogP contribution is 2.19. The summed E-state index contributed by atoms with van der Waals surface area (Å²) in [5.41, 5.74) is 2.76. The van der Waals surface area contributed by atoms with Crippen LogP contribution in [0.15, 0.2) is 42.6 Å². The van der Waals surface area contributed by atoms with Crippen molar-refractivity contribution < 1.29 is 4.79 Å². The Morgan fingerprint density at radius 1 is 1.08 bits per heavy atom. The van der Waals surface area contributed by atoms with Crippen LogP contribution in [0.1, 0.15) is 17.3 Å². The van der Waals surface area contributed by atoms with Gasteiger partial charge in [-0.3, -0.25) is 4.79 Å². The molecule has 0 unspecified atom stereocenters. The minimum absolute atomic E-state index is 0.0649. The number of carbonyl (C=O) groups excluding carboxylic acids is 1. The normalized spacial score (nSPS) is 15.0. The number of nitrogens with one attached hydrogen (secondary N) is 1. The lowest BCUT2D eigenvalue weighted by Crippen LogP contribution is -2.48. The second-order valence-corrected chi connectivity index (χ2v) is 6.72. The molecule has 0 saturated carbocycles. The van der Waals surface area contributed by atoms with Gasteiger partial charge in [0.2, 0.25) is 0 Å². The molecular formula is C20H27N5O. The smallest absolute Gasteiger partial charge is 0.255 e. The molecule has 1 aromatic heterocycles. The summed E-state index contributed by atoms with van der Waals surface area (Å²) in [5.74, 6) is 0.796. The molecule has 1 aromatic carbocycles. The second kappa shape index (κ2) is 8.19. The first kappa shape index (κ1) is 18.2. The molecule has 1 N–H and O–H groups in total. The third-order valence-corrected chi connectivity index (χ3v) is 4.77. The molecule has 0 atom stereocenters. The number of anilines is 3. The van der Waals surface area contributed by atoms with Crippen molar-refractivity contribution in [1.29, 1.82) is 0 Å². The fourth-order valence-electron chi connectivity index (χ4n) is 3.03. The highest BCUT2D eigenvalue weighted by atomic mass is 16.2. The largest absolute Gasteiger partial charge is 0.378 e. The van der Waals surface area contributed by atoms with Crippen molar-refractivity contribution in [2.24, 2.45) is 0 Å². The fourth-order valence-corrected chi connectivity index (χ4v) is 3.03. The predicted molar refractivity (Wildman–Crippen MR) is 106 cm³/mol. The number of rotatable bonds is 5. The van der Waals surface area contributed by atoms with Gasteiger partial charge in [-0.15, -0.1) is 0 Å². The van der Waals surface area contributed by atoms with Crippen LogP contribution in [0, 0.1) is 0 Å². The third-order valence-electron chi connectivity index (χ3n) is 4.77. The Bertz CT molecular complexity index is 719. The van der Waals surface area contributed by atoms with E-state index in [-0.39, 0.29) is 5.91 Å². The Labute approximate surface area is 155 Å². The van der Waals surface area contributed by atoms with E-state index in [2.05, 4.69) is 39.2 Å². The van der Waals surface area contributed by atoms with Crippen molar-refractivity contribution in [3.05, 3.63) is 48.2 Å². The summed E-state index contributed by atoms with van der Waals surface area (Å²) < 4.78 is 0. The maximum absolute atomic E-state index is 12.6. The molecule has 1 amide bonds. The summed E-state index contributed by atoms with van der Waals surface area (Å²) >= 11 is 0. The summed E-state index contributed by atoms with van der Waals surface area (Å²) in [5, 5.41) is 3.27. The van der Waals surface area contributed by atoms with Gasteiger partial charge in [0, 0.05) is 57.8 Å². The molecule has 0 radical (unpaired) electrons. The first-order chi connectivity index (χ1) is 12.6. The van der Waals surface area contributed by atoms with Crippen LogP contribution < -0.4 is 10.2 Å². The van der Waals surface area contributed by atoms with E-state index in [9.17, 15) is 4.79 Å². The van der Waals surface area contributed by atoms with Crippen molar-refractivity contribution in [3.8, 4) is 0 Å². The van der Waals surface area contributed by atoms with Gasteiger partial charge in [0.15, 0.2) is 0 Å². The molecule has 0 spiro atoms. The van der Waals surface area contributed by atoms with E-state index in [1.165, 1.54) is 0 Å². The van der Waals surface area contributed by atoms with Crippen molar-refractivity contribution in [2.45, 2.75) is 6.92 Å². The number of hydrogen-bond acceptors (Lipinski definition) is 5. The van der Waals surface area contributed by atoms with Crippen LogP contribution in [0.4, 0.5) is 17.2 Å². The Kier molecular flexibility index (Phi) is 5.73. The van der Waals surface area contributed by atoms with Gasteiger partial charge in [-0.25, -0.2) is 4.98 Å². The first-order valence-corrected chi connectivity index (χ1v) is 9.09. The van der Waals surface area contributed by atoms with Gasteiger partial charge in [0.05, 0.1) is 5.56 Å². The van der Waals surface area contributed by atoms with E-state index >= 15 is 0 Å². The van der Waals surface area contributed by atoms with Crippen molar-refractivity contribution in [3.63, 3.8) is 0 Å². The summed E-state index contributed by atoms with van der Waals surface area (Å²) in [6.45, 7) is 6.65. The number of amides is 1.